The molecule has 1 N–H and O–H groups in total. The minimum Gasteiger partial charge on any atom is -0.480 e. The zero-order valence-electron chi connectivity index (χ0n) is 11.4. The summed E-state index contributed by atoms with van der Waals surface area (Å²) in [5, 5.41) is 9.33. The van der Waals surface area contributed by atoms with Gasteiger partial charge in [-0.15, -0.1) is 0 Å². The molecular weight excluding hydrogens is 264 g/mol. The van der Waals surface area contributed by atoms with Crippen LogP contribution >= 0.6 is 11.8 Å². The summed E-state index contributed by atoms with van der Waals surface area (Å²) in [5.41, 5.74) is 0. The monoisotopic (exact) mass is 286 g/mol. The van der Waals surface area contributed by atoms with Gasteiger partial charge in [0, 0.05) is 30.6 Å². The number of carbonyl (C=O) groups excluding carboxylic acids is 1. The lowest BCUT2D eigenvalue weighted by Crippen LogP contribution is -2.55. The number of rotatable bonds is 1. The molecule has 0 aromatic heterocycles. The van der Waals surface area contributed by atoms with Crippen molar-refractivity contribution >= 4 is 23.8 Å². The van der Waals surface area contributed by atoms with Gasteiger partial charge in [-0.1, -0.05) is 12.8 Å². The summed E-state index contributed by atoms with van der Waals surface area (Å²) in [5.74, 6) is 1.02. The molecule has 0 radical (unpaired) electrons. The molecule has 2 heterocycles. The van der Waals surface area contributed by atoms with Crippen LogP contribution in [0.5, 0.6) is 0 Å². The summed E-state index contributed by atoms with van der Waals surface area (Å²) in [4.78, 5) is 27.4. The van der Waals surface area contributed by atoms with E-state index in [0.717, 1.165) is 37.3 Å². The Morgan fingerprint density at radius 3 is 2.63 bits per heavy atom. The molecule has 2 rings (SSSR count). The second-order valence-electron chi connectivity index (χ2n) is 5.30. The molecule has 2 saturated heterocycles. The van der Waals surface area contributed by atoms with E-state index < -0.39 is 12.0 Å². The van der Waals surface area contributed by atoms with Crippen LogP contribution in [0.25, 0.3) is 0 Å². The highest BCUT2D eigenvalue weighted by Gasteiger charge is 2.35. The van der Waals surface area contributed by atoms with Crippen molar-refractivity contribution < 1.29 is 14.7 Å². The predicted octanol–water partition coefficient (Wildman–Crippen LogP) is 1.87. The summed E-state index contributed by atoms with van der Waals surface area (Å²) in [6.07, 6.45) is 3.40. The van der Waals surface area contributed by atoms with Gasteiger partial charge in [-0.3, -0.25) is 0 Å². The fourth-order valence-corrected chi connectivity index (χ4v) is 3.78. The highest BCUT2D eigenvalue weighted by molar-refractivity contribution is 7.99. The molecule has 0 aliphatic carbocycles. The number of hydrogen-bond acceptors (Lipinski definition) is 3. The maximum atomic E-state index is 12.6. The van der Waals surface area contributed by atoms with Gasteiger partial charge < -0.3 is 14.9 Å². The van der Waals surface area contributed by atoms with Crippen LogP contribution in [0, 0.1) is 0 Å². The van der Waals surface area contributed by atoms with Crippen LogP contribution in [0.15, 0.2) is 0 Å². The minimum atomic E-state index is -0.866. The van der Waals surface area contributed by atoms with Gasteiger partial charge in [0.05, 0.1) is 0 Å². The number of thioether (sulfide) groups is 1. The number of likely N-dealkylation sites (tertiary alicyclic amines) is 1. The first-order valence-corrected chi connectivity index (χ1v) is 8.14. The molecular formula is C13H22N2O3S. The van der Waals surface area contributed by atoms with Crippen molar-refractivity contribution in [3.63, 3.8) is 0 Å². The molecule has 0 aromatic rings. The van der Waals surface area contributed by atoms with Gasteiger partial charge >= 0.3 is 12.0 Å². The number of nitrogens with zero attached hydrogens (tertiary/aromatic N) is 2. The Hall–Kier alpha value is -0.910. The normalized spacial score (nSPS) is 28.9. The Labute approximate surface area is 118 Å². The third-order valence-corrected chi connectivity index (χ3v) is 5.09. The van der Waals surface area contributed by atoms with Gasteiger partial charge in [-0.25, -0.2) is 9.59 Å². The number of amides is 2. The summed E-state index contributed by atoms with van der Waals surface area (Å²) >= 11 is 1.85. The average molecular weight is 286 g/mol. The van der Waals surface area contributed by atoms with E-state index in [1.807, 2.05) is 23.6 Å². The van der Waals surface area contributed by atoms with E-state index in [4.69, 9.17) is 0 Å². The lowest BCUT2D eigenvalue weighted by molar-refractivity contribution is -0.142. The fourth-order valence-electron chi connectivity index (χ4n) is 2.77. The summed E-state index contributed by atoms with van der Waals surface area (Å²) in [6, 6.07) is -0.525. The van der Waals surface area contributed by atoms with Crippen molar-refractivity contribution in [1.29, 1.82) is 0 Å². The summed E-state index contributed by atoms with van der Waals surface area (Å²) < 4.78 is 0. The van der Waals surface area contributed by atoms with E-state index in [9.17, 15) is 14.7 Å². The molecule has 0 aromatic carbocycles. The molecule has 0 bridgehead atoms. The number of hydrogen-bond donors (Lipinski definition) is 1. The van der Waals surface area contributed by atoms with E-state index in [2.05, 4.69) is 0 Å². The largest absolute Gasteiger partial charge is 0.480 e. The van der Waals surface area contributed by atoms with E-state index in [-0.39, 0.29) is 12.1 Å². The lowest BCUT2D eigenvalue weighted by Gasteiger charge is -2.38. The molecule has 0 spiro atoms. The second-order valence-corrected chi connectivity index (χ2v) is 6.45. The quantitative estimate of drug-likeness (QED) is 0.799. The average Bonchev–Trinajstić information content (AvgIpc) is 2.64. The Bertz CT molecular complexity index is 351. The highest BCUT2D eigenvalue weighted by Crippen LogP contribution is 2.22. The van der Waals surface area contributed by atoms with Crippen LogP contribution < -0.4 is 0 Å². The van der Waals surface area contributed by atoms with Gasteiger partial charge in [-0.05, 0) is 19.8 Å². The van der Waals surface area contributed by atoms with E-state index in [1.54, 1.807) is 4.90 Å². The number of carboxylic acids is 1. The van der Waals surface area contributed by atoms with Gasteiger partial charge in [-0.2, -0.15) is 11.8 Å². The molecule has 2 aliphatic heterocycles. The first-order chi connectivity index (χ1) is 9.11. The van der Waals surface area contributed by atoms with Crippen LogP contribution in [0.4, 0.5) is 4.79 Å². The van der Waals surface area contributed by atoms with Crippen LogP contribution in [-0.4, -0.2) is 63.6 Å². The zero-order chi connectivity index (χ0) is 13.8. The highest BCUT2D eigenvalue weighted by atomic mass is 32.2. The third-order valence-electron chi connectivity index (χ3n) is 3.90. The predicted molar refractivity (Wildman–Crippen MR) is 75.5 cm³/mol. The molecule has 2 unspecified atom stereocenters. The zero-order valence-corrected chi connectivity index (χ0v) is 12.2. The molecule has 2 aliphatic rings. The smallest absolute Gasteiger partial charge is 0.326 e. The first-order valence-electron chi connectivity index (χ1n) is 6.99. The van der Waals surface area contributed by atoms with Crippen molar-refractivity contribution in [3.05, 3.63) is 0 Å². The topological polar surface area (TPSA) is 60.9 Å². The SMILES string of the molecule is CC1CSCCN1C(=O)N1CCCCCC1C(=O)O. The standard InChI is InChI=1S/C13H22N2O3S/c1-10-9-19-8-7-14(10)13(18)15-6-4-2-3-5-11(15)12(16)17/h10-11H,2-9H2,1H3,(H,16,17). The van der Waals surface area contributed by atoms with Crippen LogP contribution in [0.2, 0.25) is 0 Å². The number of aliphatic carboxylic acids is 1. The first kappa shape index (κ1) is 14.5. The number of carbonyl (C=O) groups is 2. The van der Waals surface area contributed by atoms with Crippen LogP contribution in [0.1, 0.15) is 32.6 Å². The summed E-state index contributed by atoms with van der Waals surface area (Å²) in [7, 11) is 0. The molecule has 2 amide bonds. The second kappa shape index (κ2) is 6.50. The molecule has 2 atom stereocenters. The van der Waals surface area contributed by atoms with Gasteiger partial charge in [0.25, 0.3) is 0 Å². The molecule has 2 fully saturated rings. The maximum Gasteiger partial charge on any atom is 0.326 e. The van der Waals surface area contributed by atoms with Crippen molar-refractivity contribution in [2.75, 3.05) is 24.6 Å². The van der Waals surface area contributed by atoms with Crippen molar-refractivity contribution in [3.8, 4) is 0 Å². The van der Waals surface area contributed by atoms with Crippen molar-refractivity contribution in [2.45, 2.75) is 44.7 Å². The van der Waals surface area contributed by atoms with Crippen molar-refractivity contribution in [1.82, 2.24) is 9.80 Å². The van der Waals surface area contributed by atoms with Gasteiger partial charge in [0.15, 0.2) is 0 Å². The lowest BCUT2D eigenvalue weighted by atomic mass is 10.1. The van der Waals surface area contributed by atoms with Crippen molar-refractivity contribution in [2.24, 2.45) is 0 Å². The molecule has 5 nitrogen and oxygen atoms in total. The fraction of sp³-hybridized carbons (Fsp3) is 0.846. The number of urea groups is 1. The Morgan fingerprint density at radius 2 is 1.95 bits per heavy atom. The van der Waals surface area contributed by atoms with Gasteiger partial charge in [0.2, 0.25) is 0 Å². The Kier molecular flexibility index (Phi) is 4.96. The molecule has 6 heteroatoms. The van der Waals surface area contributed by atoms with E-state index in [1.165, 1.54) is 0 Å². The van der Waals surface area contributed by atoms with E-state index in [0.29, 0.717) is 13.0 Å². The minimum absolute atomic E-state index is 0.0814. The Balaban J connectivity index is 2.11. The number of carboxylic acid groups (broad SMARTS) is 1. The Morgan fingerprint density at radius 1 is 1.16 bits per heavy atom. The van der Waals surface area contributed by atoms with Gasteiger partial charge in [0.1, 0.15) is 6.04 Å². The van der Waals surface area contributed by atoms with Crippen LogP contribution in [0.3, 0.4) is 0 Å². The van der Waals surface area contributed by atoms with Crippen LogP contribution in [-0.2, 0) is 4.79 Å². The van der Waals surface area contributed by atoms with E-state index >= 15 is 0 Å². The third kappa shape index (κ3) is 3.35. The molecule has 108 valence electrons. The maximum absolute atomic E-state index is 12.6. The summed E-state index contributed by atoms with van der Waals surface area (Å²) in [6.45, 7) is 3.34. The molecule has 19 heavy (non-hydrogen) atoms. The molecule has 0 saturated carbocycles.